The van der Waals surface area contributed by atoms with E-state index in [0.717, 1.165) is 23.7 Å². The first-order chi connectivity index (χ1) is 7.69. The van der Waals surface area contributed by atoms with Crippen LogP contribution in [0.5, 0.6) is 0 Å². The maximum atomic E-state index is 6.03. The van der Waals surface area contributed by atoms with Gasteiger partial charge in [-0.1, -0.05) is 17.7 Å². The van der Waals surface area contributed by atoms with Gasteiger partial charge in [0, 0.05) is 30.1 Å². The van der Waals surface area contributed by atoms with Crippen molar-refractivity contribution in [2.75, 3.05) is 37.0 Å². The maximum absolute atomic E-state index is 6.03. The van der Waals surface area contributed by atoms with Crippen LogP contribution in [0.3, 0.4) is 0 Å². The predicted molar refractivity (Wildman–Crippen MR) is 75.9 cm³/mol. The second kappa shape index (κ2) is 7.05. The third kappa shape index (κ3) is 3.89. The smallest absolute Gasteiger partial charge is 0.0426 e. The lowest BCUT2D eigenvalue weighted by Gasteiger charge is -2.22. The van der Waals surface area contributed by atoms with E-state index in [2.05, 4.69) is 24.3 Å². The lowest BCUT2D eigenvalue weighted by molar-refractivity contribution is 0.924. The molecule has 2 N–H and O–H groups in total. The lowest BCUT2D eigenvalue weighted by atomic mass is 10.1. The molecule has 0 unspecified atom stereocenters. The Bertz CT molecular complexity index is 331. The van der Waals surface area contributed by atoms with E-state index in [-0.39, 0.29) is 0 Å². The SMILES string of the molecule is CSCCN(C)c1cc(Cl)ccc1CCN. The zero-order valence-corrected chi connectivity index (χ0v) is 11.4. The number of rotatable bonds is 6. The Morgan fingerprint density at radius 2 is 2.19 bits per heavy atom. The fourth-order valence-corrected chi connectivity index (χ4v) is 2.23. The summed E-state index contributed by atoms with van der Waals surface area (Å²) in [6.07, 6.45) is 3.02. The Kier molecular flexibility index (Phi) is 6.03. The summed E-state index contributed by atoms with van der Waals surface area (Å²) in [6.45, 7) is 1.70. The third-order valence-corrected chi connectivity index (χ3v) is 3.33. The standard InChI is InChI=1S/C12H19ClN2S/c1-15(7-8-16-2)12-9-11(13)4-3-10(12)5-6-14/h3-4,9H,5-8,14H2,1-2H3. The van der Waals surface area contributed by atoms with Gasteiger partial charge in [0.2, 0.25) is 0 Å². The molecular formula is C12H19ClN2S. The number of anilines is 1. The summed E-state index contributed by atoms with van der Waals surface area (Å²) >= 11 is 7.88. The van der Waals surface area contributed by atoms with Gasteiger partial charge in [0.15, 0.2) is 0 Å². The highest BCUT2D eigenvalue weighted by atomic mass is 35.5. The molecule has 0 aliphatic carbocycles. The molecule has 0 fully saturated rings. The van der Waals surface area contributed by atoms with E-state index < -0.39 is 0 Å². The van der Waals surface area contributed by atoms with E-state index in [1.807, 2.05) is 23.9 Å². The van der Waals surface area contributed by atoms with Crippen molar-refractivity contribution >= 4 is 29.1 Å². The Morgan fingerprint density at radius 3 is 2.81 bits per heavy atom. The van der Waals surface area contributed by atoms with Gasteiger partial charge in [0.25, 0.3) is 0 Å². The molecule has 1 aromatic rings. The molecule has 0 saturated carbocycles. The molecule has 0 aromatic heterocycles. The van der Waals surface area contributed by atoms with E-state index >= 15 is 0 Å². The van der Waals surface area contributed by atoms with Crippen molar-refractivity contribution in [1.29, 1.82) is 0 Å². The first-order valence-electron chi connectivity index (χ1n) is 5.37. The van der Waals surface area contributed by atoms with Crippen LogP contribution in [0.1, 0.15) is 5.56 Å². The van der Waals surface area contributed by atoms with Crippen molar-refractivity contribution in [1.82, 2.24) is 0 Å². The summed E-state index contributed by atoms with van der Waals surface area (Å²) in [6, 6.07) is 6.02. The molecule has 1 aromatic carbocycles. The summed E-state index contributed by atoms with van der Waals surface area (Å²) in [5, 5.41) is 0.784. The largest absolute Gasteiger partial charge is 0.374 e. The lowest BCUT2D eigenvalue weighted by Crippen LogP contribution is -2.22. The minimum Gasteiger partial charge on any atom is -0.374 e. The summed E-state index contributed by atoms with van der Waals surface area (Å²) in [7, 11) is 2.10. The van der Waals surface area contributed by atoms with Crippen molar-refractivity contribution in [2.24, 2.45) is 5.73 Å². The normalized spacial score (nSPS) is 10.5. The molecule has 0 bridgehead atoms. The molecule has 1 rings (SSSR count). The van der Waals surface area contributed by atoms with E-state index in [4.69, 9.17) is 17.3 Å². The van der Waals surface area contributed by atoms with Crippen LogP contribution >= 0.6 is 23.4 Å². The number of thioether (sulfide) groups is 1. The maximum Gasteiger partial charge on any atom is 0.0426 e. The van der Waals surface area contributed by atoms with Crippen LogP contribution in [0.2, 0.25) is 5.02 Å². The van der Waals surface area contributed by atoms with Crippen LogP contribution < -0.4 is 10.6 Å². The number of hydrogen-bond acceptors (Lipinski definition) is 3. The Hall–Kier alpha value is -0.380. The fourth-order valence-electron chi connectivity index (χ4n) is 1.61. The van der Waals surface area contributed by atoms with Gasteiger partial charge >= 0.3 is 0 Å². The minimum absolute atomic E-state index is 0.672. The molecule has 0 heterocycles. The average molecular weight is 259 g/mol. The van der Waals surface area contributed by atoms with Gasteiger partial charge < -0.3 is 10.6 Å². The molecule has 16 heavy (non-hydrogen) atoms. The van der Waals surface area contributed by atoms with Gasteiger partial charge in [-0.3, -0.25) is 0 Å². The number of hydrogen-bond donors (Lipinski definition) is 1. The van der Waals surface area contributed by atoms with Crippen molar-refractivity contribution < 1.29 is 0 Å². The van der Waals surface area contributed by atoms with Crippen LogP contribution in [0.25, 0.3) is 0 Å². The Morgan fingerprint density at radius 1 is 1.44 bits per heavy atom. The topological polar surface area (TPSA) is 29.3 Å². The predicted octanol–water partition coefficient (Wildman–Crippen LogP) is 2.64. The first kappa shape index (κ1) is 13.7. The molecule has 4 heteroatoms. The quantitative estimate of drug-likeness (QED) is 0.851. The highest BCUT2D eigenvalue weighted by Crippen LogP contribution is 2.24. The van der Waals surface area contributed by atoms with Crippen molar-refractivity contribution in [3.8, 4) is 0 Å². The molecule has 0 spiro atoms. The molecule has 0 saturated heterocycles. The molecule has 90 valence electrons. The molecule has 0 aliphatic rings. The van der Waals surface area contributed by atoms with Crippen molar-refractivity contribution in [2.45, 2.75) is 6.42 Å². The minimum atomic E-state index is 0.672. The van der Waals surface area contributed by atoms with Gasteiger partial charge in [0.05, 0.1) is 0 Å². The van der Waals surface area contributed by atoms with Crippen molar-refractivity contribution in [3.63, 3.8) is 0 Å². The zero-order chi connectivity index (χ0) is 12.0. The molecule has 0 atom stereocenters. The summed E-state index contributed by atoms with van der Waals surface area (Å²) in [5.41, 5.74) is 8.09. The fraction of sp³-hybridized carbons (Fsp3) is 0.500. The highest BCUT2D eigenvalue weighted by molar-refractivity contribution is 7.98. The van der Waals surface area contributed by atoms with Gasteiger partial charge in [-0.15, -0.1) is 0 Å². The number of halogens is 1. The second-order valence-corrected chi connectivity index (χ2v) is 5.15. The summed E-state index contributed by atoms with van der Waals surface area (Å²) in [5.74, 6) is 1.12. The third-order valence-electron chi connectivity index (χ3n) is 2.50. The monoisotopic (exact) mass is 258 g/mol. The van der Waals surface area contributed by atoms with E-state index in [1.165, 1.54) is 11.3 Å². The van der Waals surface area contributed by atoms with E-state index in [0.29, 0.717) is 6.54 Å². The van der Waals surface area contributed by atoms with Crippen molar-refractivity contribution in [3.05, 3.63) is 28.8 Å². The molecular weight excluding hydrogens is 240 g/mol. The van der Waals surface area contributed by atoms with Crippen LogP contribution in [0.4, 0.5) is 5.69 Å². The number of nitrogens with two attached hydrogens (primary N) is 1. The van der Waals surface area contributed by atoms with Gasteiger partial charge in [-0.25, -0.2) is 0 Å². The number of nitrogens with zero attached hydrogens (tertiary/aromatic N) is 1. The van der Waals surface area contributed by atoms with Gasteiger partial charge in [-0.2, -0.15) is 11.8 Å². The van der Waals surface area contributed by atoms with E-state index in [1.54, 1.807) is 0 Å². The molecule has 2 nitrogen and oxygen atoms in total. The average Bonchev–Trinajstić information content (AvgIpc) is 2.28. The first-order valence-corrected chi connectivity index (χ1v) is 7.14. The number of benzene rings is 1. The highest BCUT2D eigenvalue weighted by Gasteiger charge is 2.07. The molecule has 0 amide bonds. The van der Waals surface area contributed by atoms with Crippen LogP contribution in [-0.4, -0.2) is 32.1 Å². The van der Waals surface area contributed by atoms with E-state index in [9.17, 15) is 0 Å². The van der Waals surface area contributed by atoms with Gasteiger partial charge in [0.1, 0.15) is 0 Å². The zero-order valence-electron chi connectivity index (χ0n) is 9.87. The van der Waals surface area contributed by atoms with Crippen LogP contribution in [0, 0.1) is 0 Å². The summed E-state index contributed by atoms with van der Waals surface area (Å²) < 4.78 is 0. The van der Waals surface area contributed by atoms with Crippen LogP contribution in [0.15, 0.2) is 18.2 Å². The molecule has 0 radical (unpaired) electrons. The Labute approximate surface area is 107 Å². The Balaban J connectivity index is 2.85. The van der Waals surface area contributed by atoms with Crippen LogP contribution in [-0.2, 0) is 6.42 Å². The summed E-state index contributed by atoms with van der Waals surface area (Å²) in [4.78, 5) is 2.24. The second-order valence-electron chi connectivity index (χ2n) is 3.73. The molecule has 0 aliphatic heterocycles. The van der Waals surface area contributed by atoms with Gasteiger partial charge in [-0.05, 0) is 36.9 Å².